The van der Waals surface area contributed by atoms with Crippen LogP contribution in [0.3, 0.4) is 0 Å². The van der Waals surface area contributed by atoms with Gasteiger partial charge in [0.05, 0.1) is 11.4 Å². The number of H-pyrrole nitrogens is 1. The molecule has 0 aliphatic rings. The van der Waals surface area contributed by atoms with Crippen LogP contribution in [0.25, 0.3) is 5.69 Å². The van der Waals surface area contributed by atoms with Crippen LogP contribution in [0.5, 0.6) is 0 Å². The Morgan fingerprint density at radius 2 is 1.77 bits per heavy atom. The van der Waals surface area contributed by atoms with E-state index in [0.717, 1.165) is 32.0 Å². The number of nitrogens with zero attached hydrogens (tertiary/aromatic N) is 3. The van der Waals surface area contributed by atoms with E-state index in [2.05, 4.69) is 15.1 Å². The molecule has 0 atom stereocenters. The third kappa shape index (κ3) is 3.22. The number of hydrogen-bond donors (Lipinski definition) is 1. The topological polar surface area (TPSA) is 80.6 Å². The van der Waals surface area contributed by atoms with Crippen LogP contribution in [0.4, 0.5) is 0 Å². The first-order valence-corrected chi connectivity index (χ1v) is 9.31. The fourth-order valence-electron chi connectivity index (χ4n) is 2.66. The van der Waals surface area contributed by atoms with Gasteiger partial charge in [-0.3, -0.25) is 9.78 Å². The largest absolute Gasteiger partial charge is 0.349 e. The lowest BCUT2D eigenvalue weighted by molar-refractivity contribution is 0.633. The van der Waals surface area contributed by atoms with Gasteiger partial charge in [0.1, 0.15) is 11.2 Å². The van der Waals surface area contributed by atoms with Gasteiger partial charge < -0.3 is 0 Å². The minimum Gasteiger partial charge on any atom is -0.271 e. The smallest absolute Gasteiger partial charge is 0.271 e. The molecule has 6 nitrogen and oxygen atoms in total. The Hall–Kier alpha value is -1.96. The van der Waals surface area contributed by atoms with Gasteiger partial charge >= 0.3 is 5.69 Å². The van der Waals surface area contributed by atoms with Gasteiger partial charge in [-0.05, 0) is 39.8 Å². The third-order valence-electron chi connectivity index (χ3n) is 4.17. The van der Waals surface area contributed by atoms with Crippen LogP contribution in [0.1, 0.15) is 35.0 Å². The minimum absolute atomic E-state index is 0.368. The number of halogens is 2. The molecule has 26 heavy (non-hydrogen) atoms. The monoisotopic (exact) mass is 410 g/mol. The van der Waals surface area contributed by atoms with Gasteiger partial charge in [-0.2, -0.15) is 9.78 Å². The molecular weight excluding hydrogens is 395 g/mol. The zero-order valence-electron chi connectivity index (χ0n) is 14.6. The maximum atomic E-state index is 12.0. The Labute approximate surface area is 163 Å². The van der Waals surface area contributed by atoms with Crippen molar-refractivity contribution in [1.82, 2.24) is 19.7 Å². The number of thiazole rings is 1. The van der Waals surface area contributed by atoms with Gasteiger partial charge in [-0.25, -0.2) is 9.78 Å². The van der Waals surface area contributed by atoms with Crippen molar-refractivity contribution in [3.05, 3.63) is 70.4 Å². The summed E-state index contributed by atoms with van der Waals surface area (Å²) in [4.78, 5) is 31.1. The molecular formula is C17H16Cl2N4O2S. The molecule has 0 fully saturated rings. The van der Waals surface area contributed by atoms with Gasteiger partial charge in [0.2, 0.25) is 0 Å². The number of benzene rings is 1. The summed E-state index contributed by atoms with van der Waals surface area (Å²) in [6.07, 6.45) is 1.02. The maximum absolute atomic E-state index is 12.0. The van der Waals surface area contributed by atoms with Gasteiger partial charge in [-0.15, -0.1) is 11.3 Å². The average Bonchev–Trinajstić information content (AvgIpc) is 2.86. The lowest BCUT2D eigenvalue weighted by Crippen LogP contribution is -2.30. The number of aryl methyl sites for hydroxylation is 2. The normalized spacial score (nSPS) is 11.8. The molecule has 0 radical (unpaired) electrons. The number of aromatic amines is 1. The summed E-state index contributed by atoms with van der Waals surface area (Å²) in [5.74, 6) is 0. The summed E-state index contributed by atoms with van der Waals surface area (Å²) in [5, 5.41) is 5.52. The van der Waals surface area contributed by atoms with Crippen molar-refractivity contribution in [3.8, 4) is 5.69 Å². The van der Waals surface area contributed by atoms with Crippen molar-refractivity contribution in [2.45, 2.75) is 33.1 Å². The number of rotatable bonds is 3. The van der Waals surface area contributed by atoms with E-state index in [0.29, 0.717) is 15.7 Å². The van der Waals surface area contributed by atoms with Gasteiger partial charge in [0.25, 0.3) is 5.56 Å². The van der Waals surface area contributed by atoms with Crippen molar-refractivity contribution < 1.29 is 0 Å². The molecule has 0 saturated carbocycles. The van der Waals surface area contributed by atoms with E-state index in [1.165, 1.54) is 0 Å². The Morgan fingerprint density at radius 3 is 2.27 bits per heavy atom. The highest BCUT2D eigenvalue weighted by molar-refractivity contribution is 7.11. The van der Waals surface area contributed by atoms with Crippen molar-refractivity contribution in [1.29, 1.82) is 0 Å². The maximum Gasteiger partial charge on any atom is 0.349 e. The minimum atomic E-state index is -0.664. The van der Waals surface area contributed by atoms with Gasteiger partial charge in [-0.1, -0.05) is 23.2 Å². The zero-order valence-corrected chi connectivity index (χ0v) is 16.9. The summed E-state index contributed by atoms with van der Waals surface area (Å²) in [6, 6.07) is 3.20. The predicted octanol–water partition coefficient (Wildman–Crippen LogP) is 3.63. The molecule has 0 saturated heterocycles. The van der Waals surface area contributed by atoms with Crippen molar-refractivity contribution >= 4 is 34.5 Å². The van der Waals surface area contributed by atoms with Crippen LogP contribution >= 0.6 is 34.5 Å². The van der Waals surface area contributed by atoms with Crippen LogP contribution in [0.15, 0.2) is 27.9 Å². The first-order valence-electron chi connectivity index (χ1n) is 7.74. The standard InChI is InChI=1S/C17H16Cl2N4O2S/c1-8-9(2)26-15(21-8)17(3,4)14-11(18)5-10(6-12(14)19)23-16(25)22-13(24)7-20-23/h5-7H,1-4H3,(H,22,24,25). The Morgan fingerprint density at radius 1 is 1.15 bits per heavy atom. The molecule has 0 unspecified atom stereocenters. The van der Waals surface area contributed by atoms with Crippen molar-refractivity contribution in [2.24, 2.45) is 0 Å². The summed E-state index contributed by atoms with van der Waals surface area (Å²) in [6.45, 7) is 7.99. The molecule has 3 rings (SSSR count). The molecule has 0 aliphatic heterocycles. The predicted molar refractivity (Wildman–Crippen MR) is 104 cm³/mol. The SMILES string of the molecule is Cc1nc(C(C)(C)c2c(Cl)cc(-n3ncc(=O)[nH]c3=O)cc2Cl)sc1C. The van der Waals surface area contributed by atoms with Gasteiger partial charge in [0.15, 0.2) is 0 Å². The zero-order chi connectivity index (χ0) is 19.2. The van der Waals surface area contributed by atoms with E-state index in [1.54, 1.807) is 23.5 Å². The first kappa shape index (κ1) is 18.8. The molecule has 0 amide bonds. The first-order chi connectivity index (χ1) is 12.1. The Balaban J connectivity index is 2.16. The van der Waals surface area contributed by atoms with E-state index in [1.807, 2.05) is 27.7 Å². The number of aromatic nitrogens is 4. The number of hydrogen-bond acceptors (Lipinski definition) is 5. The van der Waals surface area contributed by atoms with E-state index in [9.17, 15) is 9.59 Å². The molecule has 0 aliphatic carbocycles. The molecule has 1 aromatic carbocycles. The van der Waals surface area contributed by atoms with Crippen LogP contribution in [0, 0.1) is 13.8 Å². The van der Waals surface area contributed by atoms with Crippen LogP contribution in [-0.4, -0.2) is 19.7 Å². The molecule has 9 heteroatoms. The second kappa shape index (κ2) is 6.64. The highest BCUT2D eigenvalue weighted by Gasteiger charge is 2.32. The average molecular weight is 411 g/mol. The molecule has 2 heterocycles. The van der Waals surface area contributed by atoms with Crippen LogP contribution < -0.4 is 11.2 Å². The lowest BCUT2D eigenvalue weighted by Gasteiger charge is -2.25. The fourth-order valence-corrected chi connectivity index (χ4v) is 4.63. The van der Waals surface area contributed by atoms with Crippen LogP contribution in [-0.2, 0) is 5.41 Å². The van der Waals surface area contributed by atoms with E-state index < -0.39 is 16.7 Å². The Kier molecular flexibility index (Phi) is 4.81. The van der Waals surface area contributed by atoms with E-state index in [4.69, 9.17) is 23.2 Å². The molecule has 136 valence electrons. The fraction of sp³-hybridized carbons (Fsp3) is 0.294. The summed E-state index contributed by atoms with van der Waals surface area (Å²) >= 11 is 14.7. The highest BCUT2D eigenvalue weighted by atomic mass is 35.5. The second-order valence-electron chi connectivity index (χ2n) is 6.42. The summed E-state index contributed by atoms with van der Waals surface area (Å²) in [5.41, 5.74) is 0.312. The molecule has 0 spiro atoms. The second-order valence-corrected chi connectivity index (χ2v) is 8.44. The Bertz CT molecular complexity index is 1070. The lowest BCUT2D eigenvalue weighted by atomic mass is 9.85. The van der Waals surface area contributed by atoms with Crippen LogP contribution in [0.2, 0.25) is 10.0 Å². The molecule has 3 aromatic rings. The summed E-state index contributed by atoms with van der Waals surface area (Å²) in [7, 11) is 0. The molecule has 0 bridgehead atoms. The van der Waals surface area contributed by atoms with Crippen molar-refractivity contribution in [2.75, 3.05) is 0 Å². The highest BCUT2D eigenvalue weighted by Crippen LogP contribution is 2.43. The molecule has 2 aromatic heterocycles. The number of nitrogens with one attached hydrogen (secondary N) is 1. The van der Waals surface area contributed by atoms with E-state index in [-0.39, 0.29) is 0 Å². The molecule has 1 N–H and O–H groups in total. The van der Waals surface area contributed by atoms with Crippen molar-refractivity contribution in [3.63, 3.8) is 0 Å². The van der Waals surface area contributed by atoms with E-state index >= 15 is 0 Å². The quantitative estimate of drug-likeness (QED) is 0.714. The summed E-state index contributed by atoms with van der Waals surface area (Å²) < 4.78 is 1.04. The van der Waals surface area contributed by atoms with Gasteiger partial charge in [0, 0.05) is 25.9 Å². The third-order valence-corrected chi connectivity index (χ3v) is 6.17.